The van der Waals surface area contributed by atoms with Crippen LogP contribution in [0.4, 0.5) is 0 Å². The Labute approximate surface area is 168 Å². The molecule has 2 atom stereocenters. The molecule has 2 heterocycles. The highest BCUT2D eigenvalue weighted by molar-refractivity contribution is 6.32. The maximum atomic E-state index is 13.8. The number of nitrogens with one attached hydrogen (secondary N) is 2. The van der Waals surface area contributed by atoms with E-state index in [9.17, 15) is 4.79 Å². The Balaban J connectivity index is 1.84. The molecule has 2 fully saturated rings. The van der Waals surface area contributed by atoms with Crippen molar-refractivity contribution in [3.8, 4) is 11.1 Å². The van der Waals surface area contributed by atoms with E-state index in [1.807, 2.05) is 18.3 Å². The summed E-state index contributed by atoms with van der Waals surface area (Å²) in [4.78, 5) is 18.1. The number of hydrogen-bond acceptors (Lipinski definition) is 4. The molecule has 0 spiro atoms. The van der Waals surface area contributed by atoms with E-state index in [0.717, 1.165) is 48.9 Å². The van der Waals surface area contributed by atoms with Gasteiger partial charge in [-0.1, -0.05) is 43.6 Å². The fourth-order valence-corrected chi connectivity index (χ4v) is 4.62. The van der Waals surface area contributed by atoms with Gasteiger partial charge in [-0.25, -0.2) is 0 Å². The monoisotopic (exact) mass is 373 g/mol. The zero-order valence-electron chi connectivity index (χ0n) is 16.8. The number of rotatable bonds is 3. The Morgan fingerprint density at radius 1 is 1.18 bits per heavy atom. The largest absolute Gasteiger partial charge is 0.304 e. The van der Waals surface area contributed by atoms with Crippen molar-refractivity contribution in [3.63, 3.8) is 0 Å². The summed E-state index contributed by atoms with van der Waals surface area (Å²) in [5.41, 5.74) is 2.97. The third-order valence-corrected chi connectivity index (χ3v) is 6.58. The molecule has 1 aromatic heterocycles. The lowest BCUT2D eigenvalue weighted by atomic mass is 9.69. The number of carbonyl (C=O) groups is 1. The summed E-state index contributed by atoms with van der Waals surface area (Å²) in [6.07, 6.45) is 7.53. The molecular weight excluding hydrogens is 345 g/mol. The molecule has 2 aliphatic rings. The van der Waals surface area contributed by atoms with Crippen LogP contribution in [0.5, 0.6) is 0 Å². The van der Waals surface area contributed by atoms with Crippen molar-refractivity contribution >= 4 is 19.1 Å². The van der Waals surface area contributed by atoms with Gasteiger partial charge in [0.25, 0.3) is 0 Å². The molecule has 28 heavy (non-hydrogen) atoms. The molecule has 2 unspecified atom stereocenters. The number of aromatic nitrogens is 1. The van der Waals surface area contributed by atoms with Gasteiger partial charge in [-0.05, 0) is 60.4 Å². The first kappa shape index (κ1) is 19.3. The van der Waals surface area contributed by atoms with Crippen molar-refractivity contribution in [2.45, 2.75) is 45.1 Å². The van der Waals surface area contributed by atoms with Gasteiger partial charge in [-0.3, -0.25) is 15.1 Å². The number of carbonyl (C=O) groups excluding carboxylic acids is 1. The molecule has 0 amide bonds. The van der Waals surface area contributed by atoms with Crippen molar-refractivity contribution in [1.29, 1.82) is 0 Å². The first-order valence-electron chi connectivity index (χ1n) is 10.3. The van der Waals surface area contributed by atoms with Crippen LogP contribution in [-0.4, -0.2) is 31.8 Å². The number of Topliss-reactive ketones (excluding diaryl/α,β-unsaturated/α-hetero) is 1. The third kappa shape index (κ3) is 3.31. The molecule has 2 N–H and O–H groups in total. The maximum absolute atomic E-state index is 13.8. The molecule has 1 saturated carbocycles. The van der Waals surface area contributed by atoms with Crippen molar-refractivity contribution in [2.24, 2.45) is 11.3 Å². The van der Waals surface area contributed by atoms with Gasteiger partial charge >= 0.3 is 0 Å². The molecule has 1 aliphatic carbocycles. The first-order chi connectivity index (χ1) is 13.5. The molecule has 1 saturated heterocycles. The van der Waals surface area contributed by atoms with Crippen LogP contribution >= 0.6 is 0 Å². The lowest BCUT2D eigenvalue weighted by molar-refractivity contribution is -0.132. The Morgan fingerprint density at radius 3 is 2.75 bits per heavy atom. The normalized spacial score (nSPS) is 27.5. The van der Waals surface area contributed by atoms with Gasteiger partial charge in [-0.15, -0.1) is 0 Å². The van der Waals surface area contributed by atoms with E-state index in [1.54, 1.807) is 6.20 Å². The molecule has 4 rings (SSSR count). The van der Waals surface area contributed by atoms with E-state index in [1.165, 1.54) is 0 Å². The van der Waals surface area contributed by atoms with Crippen molar-refractivity contribution in [1.82, 2.24) is 15.6 Å². The summed E-state index contributed by atoms with van der Waals surface area (Å²) in [6.45, 7) is 5.91. The summed E-state index contributed by atoms with van der Waals surface area (Å²) in [7, 11) is 5.94. The number of nitrogens with zero attached hydrogens (tertiary/aromatic N) is 1. The SMILES string of the molecule is [B]c1cncc(-c2cccc(C3(C4(C)CC4)NCNCCCC(C)C3=O)c2)c1. The van der Waals surface area contributed by atoms with Crippen molar-refractivity contribution in [3.05, 3.63) is 48.3 Å². The van der Waals surface area contributed by atoms with E-state index in [2.05, 4.69) is 47.7 Å². The minimum Gasteiger partial charge on any atom is -0.304 e. The van der Waals surface area contributed by atoms with Crippen LogP contribution in [-0.2, 0) is 10.3 Å². The lowest BCUT2D eigenvalue weighted by Gasteiger charge is -2.41. The number of pyridine rings is 1. The molecule has 144 valence electrons. The van der Waals surface area contributed by atoms with Gasteiger partial charge in [0.15, 0.2) is 5.78 Å². The highest BCUT2D eigenvalue weighted by atomic mass is 16.1. The van der Waals surface area contributed by atoms with Crippen LogP contribution in [0.15, 0.2) is 42.7 Å². The van der Waals surface area contributed by atoms with Crippen molar-refractivity contribution in [2.75, 3.05) is 13.2 Å². The summed E-state index contributed by atoms with van der Waals surface area (Å²) >= 11 is 0. The highest BCUT2D eigenvalue weighted by Crippen LogP contribution is 2.59. The quantitative estimate of drug-likeness (QED) is 0.813. The molecule has 5 heteroatoms. The first-order valence-corrected chi connectivity index (χ1v) is 10.3. The second-order valence-corrected chi connectivity index (χ2v) is 8.66. The van der Waals surface area contributed by atoms with Gasteiger partial charge in [0.1, 0.15) is 13.4 Å². The minimum atomic E-state index is -0.673. The molecule has 2 radical (unpaired) electrons. The Hall–Kier alpha value is -1.98. The van der Waals surface area contributed by atoms with E-state index in [4.69, 9.17) is 7.85 Å². The van der Waals surface area contributed by atoms with Gasteiger partial charge in [0.2, 0.25) is 0 Å². The average Bonchev–Trinajstić information content (AvgIpc) is 3.44. The predicted octanol–water partition coefficient (Wildman–Crippen LogP) is 2.67. The standard InChI is InChI=1S/C23H28BN3O/c1-16-5-4-10-25-15-27-23(21(16)28,22(2)8-9-22)19-7-3-6-17(11-19)18-12-20(24)14-26-13-18/h3,6-7,11-14,16,25,27H,4-5,8-10,15H2,1-2H3. The van der Waals surface area contributed by atoms with Gasteiger partial charge < -0.3 is 5.32 Å². The van der Waals surface area contributed by atoms with Crippen LogP contribution < -0.4 is 16.1 Å². The minimum absolute atomic E-state index is 0.0301. The zero-order chi connectivity index (χ0) is 19.8. The van der Waals surface area contributed by atoms with E-state index < -0.39 is 5.54 Å². The van der Waals surface area contributed by atoms with Crippen LogP contribution in [0.25, 0.3) is 11.1 Å². The van der Waals surface area contributed by atoms with E-state index in [-0.39, 0.29) is 11.3 Å². The van der Waals surface area contributed by atoms with Gasteiger partial charge in [0.05, 0.1) is 0 Å². The average molecular weight is 373 g/mol. The zero-order valence-corrected chi connectivity index (χ0v) is 16.8. The molecule has 4 nitrogen and oxygen atoms in total. The smallest absolute Gasteiger partial charge is 0.160 e. The second kappa shape index (κ2) is 7.45. The fourth-order valence-electron chi connectivity index (χ4n) is 4.62. The fraction of sp³-hybridized carbons (Fsp3) is 0.478. The summed E-state index contributed by atoms with van der Waals surface area (Å²) in [6, 6.07) is 10.3. The number of hydrogen-bond donors (Lipinski definition) is 2. The molecule has 0 bridgehead atoms. The summed E-state index contributed by atoms with van der Waals surface area (Å²) < 4.78 is 0. The topological polar surface area (TPSA) is 54.0 Å². The lowest BCUT2D eigenvalue weighted by Crippen LogP contribution is -2.58. The second-order valence-electron chi connectivity index (χ2n) is 8.66. The van der Waals surface area contributed by atoms with E-state index >= 15 is 0 Å². The summed E-state index contributed by atoms with van der Waals surface area (Å²) in [5, 5.41) is 7.12. The Bertz CT molecular complexity index is 880. The third-order valence-electron chi connectivity index (χ3n) is 6.58. The number of ketones is 1. The summed E-state index contributed by atoms with van der Waals surface area (Å²) in [5.74, 6) is 0.349. The molecule has 2 aromatic rings. The molecule has 1 aliphatic heterocycles. The maximum Gasteiger partial charge on any atom is 0.160 e. The van der Waals surface area contributed by atoms with Crippen LogP contribution in [0, 0.1) is 11.3 Å². The predicted molar refractivity (Wildman–Crippen MR) is 113 cm³/mol. The number of benzene rings is 1. The van der Waals surface area contributed by atoms with Gasteiger partial charge in [0, 0.05) is 25.0 Å². The highest BCUT2D eigenvalue weighted by Gasteiger charge is 2.61. The molecule has 1 aromatic carbocycles. The van der Waals surface area contributed by atoms with Crippen LogP contribution in [0.2, 0.25) is 0 Å². The van der Waals surface area contributed by atoms with Crippen molar-refractivity contribution < 1.29 is 4.79 Å². The Kier molecular flexibility index (Phi) is 5.15. The van der Waals surface area contributed by atoms with Gasteiger partial charge in [-0.2, -0.15) is 0 Å². The molecular formula is C23H28BN3O. The van der Waals surface area contributed by atoms with Crippen LogP contribution in [0.1, 0.15) is 45.1 Å². The Morgan fingerprint density at radius 2 is 2.00 bits per heavy atom. The van der Waals surface area contributed by atoms with Crippen LogP contribution in [0.3, 0.4) is 0 Å². The van der Waals surface area contributed by atoms with E-state index in [0.29, 0.717) is 17.9 Å².